The topological polar surface area (TPSA) is 41.1 Å². The van der Waals surface area contributed by atoms with Gasteiger partial charge in [0.15, 0.2) is 5.82 Å². The summed E-state index contributed by atoms with van der Waals surface area (Å²) in [6.45, 7) is 4.04. The summed E-state index contributed by atoms with van der Waals surface area (Å²) in [6.07, 6.45) is 5.77. The number of hydrogen-bond acceptors (Lipinski definition) is 4. The molecule has 1 aromatic heterocycles. The molecule has 0 radical (unpaired) electrons. The lowest BCUT2D eigenvalue weighted by Crippen LogP contribution is -2.16. The summed E-state index contributed by atoms with van der Waals surface area (Å²) < 4.78 is 0. The van der Waals surface area contributed by atoms with E-state index < -0.39 is 0 Å². The van der Waals surface area contributed by atoms with Crippen molar-refractivity contribution in [1.29, 1.82) is 0 Å². The van der Waals surface area contributed by atoms with Gasteiger partial charge in [0.05, 0.1) is 12.4 Å². The van der Waals surface area contributed by atoms with Crippen molar-refractivity contribution in [2.75, 3.05) is 23.3 Å². The van der Waals surface area contributed by atoms with E-state index in [0.717, 1.165) is 37.6 Å². The molecule has 0 atom stereocenters. The van der Waals surface area contributed by atoms with Crippen LogP contribution in [0.1, 0.15) is 18.9 Å². The van der Waals surface area contributed by atoms with Gasteiger partial charge in [0.25, 0.3) is 0 Å². The van der Waals surface area contributed by atoms with Gasteiger partial charge >= 0.3 is 0 Å². The lowest BCUT2D eigenvalue weighted by Gasteiger charge is -2.18. The van der Waals surface area contributed by atoms with Gasteiger partial charge in [-0.15, -0.1) is 0 Å². The Balaban J connectivity index is 1.87. The standard InChI is InChI=1S/C15H18N4/c1-2-8-17-14-10-16-11-15(18-14)19-9-7-12-5-3-4-6-13(12)19/h3-6,10-11H,2,7-9H2,1H3,(H,17,18). The molecule has 0 amide bonds. The van der Waals surface area contributed by atoms with E-state index >= 15 is 0 Å². The SMILES string of the molecule is CCCNc1cncc(N2CCc3ccccc32)n1. The number of fused-ring (bicyclic) bond motifs is 1. The Morgan fingerprint density at radius 1 is 1.26 bits per heavy atom. The molecule has 2 aromatic rings. The first kappa shape index (κ1) is 12.0. The molecule has 4 heteroatoms. The summed E-state index contributed by atoms with van der Waals surface area (Å²) >= 11 is 0. The maximum Gasteiger partial charge on any atom is 0.154 e. The van der Waals surface area contributed by atoms with Crippen LogP contribution in [0.25, 0.3) is 0 Å². The molecule has 1 aliphatic rings. The van der Waals surface area contributed by atoms with Crippen molar-refractivity contribution in [3.8, 4) is 0 Å². The van der Waals surface area contributed by atoms with E-state index in [0.29, 0.717) is 0 Å². The van der Waals surface area contributed by atoms with Crippen LogP contribution in [0.3, 0.4) is 0 Å². The smallest absolute Gasteiger partial charge is 0.154 e. The Morgan fingerprint density at radius 2 is 2.16 bits per heavy atom. The number of benzene rings is 1. The molecule has 1 N–H and O–H groups in total. The zero-order valence-electron chi connectivity index (χ0n) is 11.1. The third kappa shape index (κ3) is 2.38. The Morgan fingerprint density at radius 3 is 3.05 bits per heavy atom. The second-order valence-corrected chi connectivity index (χ2v) is 4.72. The maximum atomic E-state index is 4.64. The first-order valence-electron chi connectivity index (χ1n) is 6.80. The highest BCUT2D eigenvalue weighted by molar-refractivity contribution is 5.67. The average molecular weight is 254 g/mol. The van der Waals surface area contributed by atoms with Crippen LogP contribution in [0.5, 0.6) is 0 Å². The van der Waals surface area contributed by atoms with Gasteiger partial charge in [-0.2, -0.15) is 0 Å². The molecule has 98 valence electrons. The van der Waals surface area contributed by atoms with Crippen LogP contribution in [-0.4, -0.2) is 23.1 Å². The molecule has 0 unspecified atom stereocenters. The van der Waals surface area contributed by atoms with E-state index in [1.54, 1.807) is 6.20 Å². The highest BCUT2D eigenvalue weighted by Gasteiger charge is 2.20. The first-order chi connectivity index (χ1) is 9.38. The van der Waals surface area contributed by atoms with Gasteiger partial charge in [0.1, 0.15) is 5.82 Å². The van der Waals surface area contributed by atoms with Gasteiger partial charge in [-0.1, -0.05) is 25.1 Å². The first-order valence-corrected chi connectivity index (χ1v) is 6.80. The van der Waals surface area contributed by atoms with E-state index in [-0.39, 0.29) is 0 Å². The second kappa shape index (κ2) is 5.26. The van der Waals surface area contributed by atoms with Gasteiger partial charge in [0, 0.05) is 18.8 Å². The number of hydrogen-bond donors (Lipinski definition) is 1. The molecule has 0 bridgehead atoms. The summed E-state index contributed by atoms with van der Waals surface area (Å²) in [5, 5.41) is 3.28. The van der Waals surface area contributed by atoms with Gasteiger partial charge in [-0.05, 0) is 24.5 Å². The summed E-state index contributed by atoms with van der Waals surface area (Å²) in [5.41, 5.74) is 2.64. The predicted molar refractivity (Wildman–Crippen MR) is 78.0 cm³/mol. The second-order valence-electron chi connectivity index (χ2n) is 4.72. The van der Waals surface area contributed by atoms with Crippen LogP contribution in [-0.2, 0) is 6.42 Å². The summed E-state index contributed by atoms with van der Waals surface area (Å²) in [5.74, 6) is 1.77. The highest BCUT2D eigenvalue weighted by atomic mass is 15.2. The fourth-order valence-electron chi connectivity index (χ4n) is 2.40. The largest absolute Gasteiger partial charge is 0.369 e. The number of rotatable bonds is 4. The maximum absolute atomic E-state index is 4.64. The predicted octanol–water partition coefficient (Wildman–Crippen LogP) is 2.99. The quantitative estimate of drug-likeness (QED) is 0.910. The van der Waals surface area contributed by atoms with Crippen LogP contribution in [0.2, 0.25) is 0 Å². The lowest BCUT2D eigenvalue weighted by molar-refractivity contribution is 0.942. The Hall–Kier alpha value is -2.10. The number of para-hydroxylation sites is 1. The van der Waals surface area contributed by atoms with Crippen molar-refractivity contribution in [3.05, 3.63) is 42.2 Å². The minimum atomic E-state index is 0.851. The fraction of sp³-hybridized carbons (Fsp3) is 0.333. The Kier molecular flexibility index (Phi) is 3.31. The van der Waals surface area contributed by atoms with E-state index in [1.807, 2.05) is 6.20 Å². The summed E-state index contributed by atoms with van der Waals surface area (Å²) in [4.78, 5) is 11.2. The van der Waals surface area contributed by atoms with Gasteiger partial charge < -0.3 is 10.2 Å². The average Bonchev–Trinajstić information content (AvgIpc) is 2.89. The summed E-state index contributed by atoms with van der Waals surface area (Å²) in [6, 6.07) is 8.50. The van der Waals surface area contributed by atoms with Crippen molar-refractivity contribution in [3.63, 3.8) is 0 Å². The van der Waals surface area contributed by atoms with Crippen molar-refractivity contribution in [1.82, 2.24) is 9.97 Å². The highest BCUT2D eigenvalue weighted by Crippen LogP contribution is 2.33. The zero-order valence-corrected chi connectivity index (χ0v) is 11.1. The molecule has 2 heterocycles. The van der Waals surface area contributed by atoms with Crippen molar-refractivity contribution < 1.29 is 0 Å². The molecular weight excluding hydrogens is 236 g/mol. The molecule has 19 heavy (non-hydrogen) atoms. The zero-order chi connectivity index (χ0) is 13.1. The van der Waals surface area contributed by atoms with E-state index in [1.165, 1.54) is 11.3 Å². The molecule has 1 aliphatic heterocycles. The molecular formula is C15H18N4. The molecule has 1 aromatic carbocycles. The van der Waals surface area contributed by atoms with Crippen LogP contribution < -0.4 is 10.2 Å². The third-order valence-electron chi connectivity index (χ3n) is 3.34. The number of nitrogens with one attached hydrogen (secondary N) is 1. The Bertz CT molecular complexity index is 568. The number of aromatic nitrogens is 2. The molecule has 0 spiro atoms. The van der Waals surface area contributed by atoms with E-state index in [2.05, 4.69) is 51.4 Å². The number of anilines is 3. The van der Waals surface area contributed by atoms with Crippen LogP contribution in [0, 0.1) is 0 Å². The monoisotopic (exact) mass is 254 g/mol. The van der Waals surface area contributed by atoms with Crippen molar-refractivity contribution in [2.24, 2.45) is 0 Å². The molecule has 3 rings (SSSR count). The number of nitrogens with zero attached hydrogens (tertiary/aromatic N) is 3. The van der Waals surface area contributed by atoms with Gasteiger partial charge in [0.2, 0.25) is 0 Å². The lowest BCUT2D eigenvalue weighted by atomic mass is 10.2. The van der Waals surface area contributed by atoms with E-state index in [4.69, 9.17) is 0 Å². The molecule has 0 saturated heterocycles. The molecule has 0 aliphatic carbocycles. The minimum absolute atomic E-state index is 0.851. The van der Waals surface area contributed by atoms with Crippen molar-refractivity contribution in [2.45, 2.75) is 19.8 Å². The summed E-state index contributed by atoms with van der Waals surface area (Å²) in [7, 11) is 0. The Labute approximate surface area is 113 Å². The van der Waals surface area contributed by atoms with Gasteiger partial charge in [-0.25, -0.2) is 4.98 Å². The van der Waals surface area contributed by atoms with Crippen LogP contribution in [0.15, 0.2) is 36.7 Å². The molecule has 4 nitrogen and oxygen atoms in total. The minimum Gasteiger partial charge on any atom is -0.369 e. The normalized spacial score (nSPS) is 13.4. The van der Waals surface area contributed by atoms with E-state index in [9.17, 15) is 0 Å². The van der Waals surface area contributed by atoms with Gasteiger partial charge in [-0.3, -0.25) is 4.98 Å². The van der Waals surface area contributed by atoms with Crippen LogP contribution in [0.4, 0.5) is 17.3 Å². The molecule has 0 saturated carbocycles. The van der Waals surface area contributed by atoms with Crippen molar-refractivity contribution >= 4 is 17.3 Å². The third-order valence-corrected chi connectivity index (χ3v) is 3.34. The van der Waals surface area contributed by atoms with Crippen LogP contribution >= 0.6 is 0 Å². The fourth-order valence-corrected chi connectivity index (χ4v) is 2.40. The molecule has 0 fully saturated rings.